The molecule has 0 amide bonds. The van der Waals surface area contributed by atoms with Crippen molar-refractivity contribution in [2.75, 3.05) is 4.90 Å². The largest absolute Gasteiger partial charge is 0.310 e. The van der Waals surface area contributed by atoms with Crippen molar-refractivity contribution in [3.05, 3.63) is 212 Å². The van der Waals surface area contributed by atoms with Crippen molar-refractivity contribution in [3.63, 3.8) is 0 Å². The fourth-order valence-corrected chi connectivity index (χ4v) is 12.2. The monoisotopic (exact) mass is 809 g/mol. The topological polar surface area (TPSA) is 3.24 Å². The predicted molar refractivity (Wildman–Crippen MR) is 268 cm³/mol. The van der Waals surface area contributed by atoms with E-state index in [1.54, 1.807) is 0 Å². The second-order valence-corrected chi connectivity index (χ2v) is 18.2. The van der Waals surface area contributed by atoms with Crippen molar-refractivity contribution in [2.45, 2.75) is 0 Å². The summed E-state index contributed by atoms with van der Waals surface area (Å²) in [5, 5.41) is 15.5. The third-order valence-corrected chi connectivity index (χ3v) is 15.0. The Labute approximate surface area is 360 Å². The molecule has 0 unspecified atom stereocenters. The highest BCUT2D eigenvalue weighted by atomic mass is 32.1. The zero-order valence-electron chi connectivity index (χ0n) is 33.0. The molecule has 0 saturated carbocycles. The van der Waals surface area contributed by atoms with Crippen LogP contribution >= 0.6 is 22.7 Å². The van der Waals surface area contributed by atoms with Crippen LogP contribution in [0.2, 0.25) is 0 Å². The van der Waals surface area contributed by atoms with Gasteiger partial charge in [0.2, 0.25) is 0 Å². The van der Waals surface area contributed by atoms with Crippen LogP contribution in [0.3, 0.4) is 0 Å². The van der Waals surface area contributed by atoms with Crippen LogP contribution in [0.4, 0.5) is 17.1 Å². The van der Waals surface area contributed by atoms with Crippen molar-refractivity contribution in [1.82, 2.24) is 0 Å². The van der Waals surface area contributed by atoms with Gasteiger partial charge < -0.3 is 4.90 Å². The molecular formula is C58H35NS2. The van der Waals surface area contributed by atoms with Crippen LogP contribution in [0, 0.1) is 0 Å². The number of fused-ring (bicyclic) bond motifs is 14. The average molecular weight is 810 g/mol. The Morgan fingerprint density at radius 2 is 0.672 bits per heavy atom. The maximum Gasteiger partial charge on any atom is 0.0473 e. The van der Waals surface area contributed by atoms with Gasteiger partial charge in [0.05, 0.1) is 0 Å². The molecule has 0 radical (unpaired) electrons. The molecular weight excluding hydrogens is 775 g/mol. The van der Waals surface area contributed by atoms with Gasteiger partial charge in [0.15, 0.2) is 0 Å². The first kappa shape index (κ1) is 34.6. The molecule has 0 spiro atoms. The van der Waals surface area contributed by atoms with Crippen LogP contribution in [-0.2, 0) is 0 Å². The van der Waals surface area contributed by atoms with Gasteiger partial charge in [-0.25, -0.2) is 0 Å². The number of nitrogens with zero attached hydrogens (tertiary/aromatic N) is 1. The lowest BCUT2D eigenvalue weighted by Crippen LogP contribution is -2.10. The van der Waals surface area contributed by atoms with Gasteiger partial charge in [0, 0.05) is 68.2 Å². The van der Waals surface area contributed by atoms with Crippen molar-refractivity contribution in [2.24, 2.45) is 0 Å². The van der Waals surface area contributed by atoms with Crippen LogP contribution < -0.4 is 4.90 Å². The molecule has 13 aromatic rings. The van der Waals surface area contributed by atoms with Crippen molar-refractivity contribution < 1.29 is 0 Å². The maximum absolute atomic E-state index is 2.46. The molecule has 0 aliphatic carbocycles. The van der Waals surface area contributed by atoms with Crippen LogP contribution in [0.1, 0.15) is 0 Å². The van der Waals surface area contributed by atoms with Crippen LogP contribution in [0.25, 0.3) is 106 Å². The number of rotatable bonds is 5. The summed E-state index contributed by atoms with van der Waals surface area (Å²) in [6.07, 6.45) is 0. The summed E-state index contributed by atoms with van der Waals surface area (Å²) < 4.78 is 5.36. The second-order valence-electron chi connectivity index (χ2n) is 16.1. The summed E-state index contributed by atoms with van der Waals surface area (Å²) in [5.41, 5.74) is 8.09. The highest BCUT2D eigenvalue weighted by Crippen LogP contribution is 2.46. The van der Waals surface area contributed by atoms with Crippen LogP contribution in [-0.4, -0.2) is 0 Å². The van der Waals surface area contributed by atoms with Gasteiger partial charge in [-0.3, -0.25) is 0 Å². The Morgan fingerprint density at radius 3 is 1.16 bits per heavy atom. The van der Waals surface area contributed by atoms with Gasteiger partial charge in [0.25, 0.3) is 0 Å². The van der Waals surface area contributed by atoms with Crippen molar-refractivity contribution >= 4 is 123 Å². The van der Waals surface area contributed by atoms with Gasteiger partial charge in [-0.05, 0) is 109 Å². The summed E-state index contributed by atoms with van der Waals surface area (Å²) in [5.74, 6) is 0. The van der Waals surface area contributed by atoms with Gasteiger partial charge >= 0.3 is 0 Å². The molecule has 0 atom stereocenters. The molecule has 0 fully saturated rings. The fourth-order valence-electron chi connectivity index (χ4n) is 9.69. The Kier molecular flexibility index (Phi) is 7.71. The summed E-state index contributed by atoms with van der Waals surface area (Å²) in [7, 11) is 0. The molecule has 0 saturated heterocycles. The molecule has 2 aromatic heterocycles. The molecule has 0 bridgehead atoms. The summed E-state index contributed by atoms with van der Waals surface area (Å²) in [4.78, 5) is 2.46. The fraction of sp³-hybridized carbons (Fsp3) is 0. The Bertz CT molecular complexity index is 3630. The lowest BCUT2D eigenvalue weighted by molar-refractivity contribution is 1.29. The first-order valence-corrected chi connectivity index (χ1v) is 22.4. The Hall–Kier alpha value is -7.30. The van der Waals surface area contributed by atoms with E-state index in [-0.39, 0.29) is 0 Å². The highest BCUT2D eigenvalue weighted by Gasteiger charge is 2.19. The van der Waals surface area contributed by atoms with Crippen molar-refractivity contribution in [3.8, 4) is 22.3 Å². The van der Waals surface area contributed by atoms with Gasteiger partial charge in [-0.1, -0.05) is 158 Å². The van der Waals surface area contributed by atoms with Gasteiger partial charge in [-0.15, -0.1) is 22.7 Å². The Morgan fingerprint density at radius 1 is 0.262 bits per heavy atom. The van der Waals surface area contributed by atoms with Crippen LogP contribution in [0.5, 0.6) is 0 Å². The minimum absolute atomic E-state index is 1.11. The van der Waals surface area contributed by atoms with E-state index in [9.17, 15) is 0 Å². The summed E-state index contributed by atoms with van der Waals surface area (Å²) >= 11 is 3.81. The quantitative estimate of drug-likeness (QED) is 0.157. The van der Waals surface area contributed by atoms with E-state index >= 15 is 0 Å². The molecule has 61 heavy (non-hydrogen) atoms. The molecule has 3 heteroatoms. The number of hydrogen-bond donors (Lipinski definition) is 0. The van der Waals surface area contributed by atoms with E-state index in [0.29, 0.717) is 0 Å². The van der Waals surface area contributed by atoms with Gasteiger partial charge in [-0.2, -0.15) is 0 Å². The lowest BCUT2D eigenvalue weighted by Gasteiger charge is -2.28. The Balaban J connectivity index is 1.06. The molecule has 0 aliphatic heterocycles. The number of hydrogen-bond acceptors (Lipinski definition) is 3. The third-order valence-electron chi connectivity index (χ3n) is 12.6. The standard InChI is InChI=1S/C58H35NS2/c1-3-11-36(12-4-1)42-31-43(37-13-5-2-6-14-37)35-46(34-42)59(44-25-29-47-40(32-44)21-19-38-23-27-51-49-15-7-9-17-53(49)60-57(51)55(38)47)45-26-30-48-41(33-45)22-20-39-24-28-52-50-16-8-10-18-54(50)61-58(52)56(39)48/h1-35H. The molecule has 11 aromatic carbocycles. The first-order valence-electron chi connectivity index (χ1n) is 20.8. The zero-order valence-corrected chi connectivity index (χ0v) is 34.6. The lowest BCUT2D eigenvalue weighted by atomic mass is 9.96. The maximum atomic E-state index is 2.46. The van der Waals surface area contributed by atoms with E-state index < -0.39 is 0 Å². The highest BCUT2D eigenvalue weighted by molar-refractivity contribution is 7.27. The van der Waals surface area contributed by atoms with E-state index in [4.69, 9.17) is 0 Å². The summed E-state index contributed by atoms with van der Waals surface area (Å²) in [6.45, 7) is 0. The van der Waals surface area contributed by atoms with E-state index in [1.807, 2.05) is 22.7 Å². The van der Waals surface area contributed by atoms with Crippen molar-refractivity contribution in [1.29, 1.82) is 0 Å². The predicted octanol–water partition coefficient (Wildman–Crippen LogP) is 17.8. The molecule has 13 rings (SSSR count). The molecule has 2 heterocycles. The molecule has 284 valence electrons. The van der Waals surface area contributed by atoms with E-state index in [0.717, 1.165) is 17.1 Å². The summed E-state index contributed by atoms with van der Waals surface area (Å²) in [6, 6.07) is 78.8. The molecule has 0 N–H and O–H groups in total. The minimum atomic E-state index is 1.11. The van der Waals surface area contributed by atoms with Crippen LogP contribution in [0.15, 0.2) is 212 Å². The molecule has 1 nitrogen and oxygen atoms in total. The molecule has 0 aliphatic rings. The number of benzene rings is 11. The second kappa shape index (κ2) is 13.6. The SMILES string of the molecule is c1ccc(-c2cc(-c3ccccc3)cc(N(c3ccc4c(ccc5ccc6c7ccccc7sc6c54)c3)c3ccc4c(ccc5ccc6c7ccccc7sc6c54)c3)c2)cc1. The zero-order chi connectivity index (χ0) is 40.0. The number of anilines is 3. The normalized spacial score (nSPS) is 11.9. The third kappa shape index (κ3) is 5.52. The number of thiophene rings is 2. The van der Waals surface area contributed by atoms with Gasteiger partial charge in [0.1, 0.15) is 0 Å². The first-order chi connectivity index (χ1) is 30.2. The smallest absolute Gasteiger partial charge is 0.0473 e. The van der Waals surface area contributed by atoms with E-state index in [1.165, 1.54) is 106 Å². The minimum Gasteiger partial charge on any atom is -0.310 e. The van der Waals surface area contributed by atoms with E-state index in [2.05, 4.69) is 217 Å². The average Bonchev–Trinajstić information content (AvgIpc) is 3.90.